The number of fused-ring (bicyclic) bond motifs is 2. The quantitative estimate of drug-likeness (QED) is 0.400. The molecule has 0 amide bonds. The number of thiophene rings is 1. The van der Waals surface area contributed by atoms with E-state index in [1.54, 1.807) is 10.9 Å². The zero-order valence-electron chi connectivity index (χ0n) is 18.0. The molecule has 0 bridgehead atoms. The molecule has 6 nitrogen and oxygen atoms in total. The molecule has 4 heterocycles. The van der Waals surface area contributed by atoms with E-state index in [2.05, 4.69) is 22.0 Å². The van der Waals surface area contributed by atoms with Gasteiger partial charge in [0.15, 0.2) is 0 Å². The number of pyridine rings is 1. The second kappa shape index (κ2) is 8.51. The molecule has 0 unspecified atom stereocenters. The van der Waals surface area contributed by atoms with Crippen molar-refractivity contribution in [3.05, 3.63) is 89.1 Å². The molecule has 0 atom stereocenters. The summed E-state index contributed by atoms with van der Waals surface area (Å²) >= 11 is 1.49. The molecule has 1 aliphatic heterocycles. The lowest BCUT2D eigenvalue weighted by Gasteiger charge is -2.26. The summed E-state index contributed by atoms with van der Waals surface area (Å²) < 4.78 is 7.71. The standard InChI is InChI=1S/C26H22N4O2S/c31-26-25-23(15-24(33-25)18-4-2-1-3-5-18)27-17-30(26)21-8-9-22-19(14-21)6-7-20(28-22)16-29-10-12-32-13-11-29/h1-9,14-15,17H,10-13,16H2. The van der Waals surface area contributed by atoms with Gasteiger partial charge in [-0.05, 0) is 35.9 Å². The Balaban J connectivity index is 1.33. The number of nitrogens with zero attached hydrogens (tertiary/aromatic N) is 4. The van der Waals surface area contributed by atoms with Gasteiger partial charge in [0.25, 0.3) is 5.56 Å². The van der Waals surface area contributed by atoms with Crippen molar-refractivity contribution in [2.45, 2.75) is 6.54 Å². The molecule has 1 fully saturated rings. The lowest BCUT2D eigenvalue weighted by Crippen LogP contribution is -2.35. The maximum absolute atomic E-state index is 13.3. The fourth-order valence-electron chi connectivity index (χ4n) is 4.22. The average Bonchev–Trinajstić information content (AvgIpc) is 3.31. The van der Waals surface area contributed by atoms with Crippen LogP contribution in [0.2, 0.25) is 0 Å². The van der Waals surface area contributed by atoms with Crippen LogP contribution >= 0.6 is 11.3 Å². The van der Waals surface area contributed by atoms with E-state index in [9.17, 15) is 4.79 Å². The van der Waals surface area contributed by atoms with Crippen molar-refractivity contribution in [1.82, 2.24) is 19.4 Å². The van der Waals surface area contributed by atoms with Gasteiger partial charge in [0.2, 0.25) is 0 Å². The van der Waals surface area contributed by atoms with Gasteiger partial charge in [-0.2, -0.15) is 0 Å². The molecule has 5 aromatic rings. The molecule has 33 heavy (non-hydrogen) atoms. The number of ether oxygens (including phenoxy) is 1. The maximum Gasteiger partial charge on any atom is 0.275 e. The summed E-state index contributed by atoms with van der Waals surface area (Å²) in [5.41, 5.74) is 4.53. The molecule has 164 valence electrons. The second-order valence-corrected chi connectivity index (χ2v) is 9.23. The number of morpholine rings is 1. The zero-order valence-corrected chi connectivity index (χ0v) is 18.8. The monoisotopic (exact) mass is 454 g/mol. The van der Waals surface area contributed by atoms with Crippen LogP contribution in [-0.2, 0) is 11.3 Å². The lowest BCUT2D eigenvalue weighted by molar-refractivity contribution is 0.0337. The third-order valence-electron chi connectivity index (χ3n) is 5.99. The minimum Gasteiger partial charge on any atom is -0.379 e. The van der Waals surface area contributed by atoms with E-state index in [-0.39, 0.29) is 5.56 Å². The fraction of sp³-hybridized carbons (Fsp3) is 0.192. The Morgan fingerprint density at radius 3 is 2.64 bits per heavy atom. The number of benzene rings is 2. The van der Waals surface area contributed by atoms with Crippen molar-refractivity contribution in [2.75, 3.05) is 26.3 Å². The Bertz CT molecular complexity index is 1500. The van der Waals surface area contributed by atoms with Gasteiger partial charge in [-0.1, -0.05) is 36.4 Å². The van der Waals surface area contributed by atoms with E-state index in [1.807, 2.05) is 54.6 Å². The van der Waals surface area contributed by atoms with Crippen LogP contribution in [0.4, 0.5) is 0 Å². The number of hydrogen-bond donors (Lipinski definition) is 0. The third kappa shape index (κ3) is 3.95. The minimum absolute atomic E-state index is 0.0524. The molecule has 7 heteroatoms. The van der Waals surface area contributed by atoms with Crippen LogP contribution in [-0.4, -0.2) is 45.7 Å². The predicted octanol–water partition coefficient (Wildman–Crippen LogP) is 4.49. The first-order valence-corrected chi connectivity index (χ1v) is 11.8. The van der Waals surface area contributed by atoms with Gasteiger partial charge in [-0.3, -0.25) is 19.2 Å². The van der Waals surface area contributed by atoms with Gasteiger partial charge in [-0.25, -0.2) is 4.98 Å². The van der Waals surface area contributed by atoms with Crippen molar-refractivity contribution < 1.29 is 4.74 Å². The molecule has 2 aromatic carbocycles. The number of aromatic nitrogens is 3. The van der Waals surface area contributed by atoms with Gasteiger partial charge in [0, 0.05) is 29.9 Å². The van der Waals surface area contributed by atoms with Gasteiger partial charge >= 0.3 is 0 Å². The minimum atomic E-state index is -0.0524. The summed E-state index contributed by atoms with van der Waals surface area (Å²) in [6, 6.07) is 22.1. The Hall–Kier alpha value is -3.39. The van der Waals surface area contributed by atoms with E-state index in [0.717, 1.165) is 71.1 Å². The molecule has 0 N–H and O–H groups in total. The van der Waals surface area contributed by atoms with Crippen molar-refractivity contribution in [3.63, 3.8) is 0 Å². The number of hydrogen-bond acceptors (Lipinski definition) is 6. The van der Waals surface area contributed by atoms with Crippen LogP contribution in [0.15, 0.2) is 77.9 Å². The first-order valence-electron chi connectivity index (χ1n) is 11.0. The summed E-state index contributed by atoms with van der Waals surface area (Å²) in [4.78, 5) is 26.1. The van der Waals surface area contributed by atoms with E-state index in [1.165, 1.54) is 11.3 Å². The van der Waals surface area contributed by atoms with Crippen molar-refractivity contribution in [3.8, 4) is 16.1 Å². The lowest BCUT2D eigenvalue weighted by atomic mass is 10.1. The molecule has 1 aliphatic rings. The number of rotatable bonds is 4. The summed E-state index contributed by atoms with van der Waals surface area (Å²) in [7, 11) is 0. The highest BCUT2D eigenvalue weighted by Crippen LogP contribution is 2.30. The molecule has 0 radical (unpaired) electrons. The predicted molar refractivity (Wildman–Crippen MR) is 132 cm³/mol. The summed E-state index contributed by atoms with van der Waals surface area (Å²) in [6.07, 6.45) is 1.62. The van der Waals surface area contributed by atoms with Crippen LogP contribution in [0.25, 0.3) is 37.2 Å². The Kier molecular flexibility index (Phi) is 5.22. The highest BCUT2D eigenvalue weighted by molar-refractivity contribution is 7.22. The van der Waals surface area contributed by atoms with Gasteiger partial charge in [-0.15, -0.1) is 11.3 Å². The van der Waals surface area contributed by atoms with Crippen LogP contribution in [0.3, 0.4) is 0 Å². The van der Waals surface area contributed by atoms with Crippen molar-refractivity contribution in [1.29, 1.82) is 0 Å². The fourth-order valence-corrected chi connectivity index (χ4v) is 5.27. The maximum atomic E-state index is 13.3. The van der Waals surface area contributed by atoms with Gasteiger partial charge in [0.05, 0.1) is 35.6 Å². The third-order valence-corrected chi connectivity index (χ3v) is 7.16. The normalized spacial score (nSPS) is 14.8. The van der Waals surface area contributed by atoms with Crippen LogP contribution in [0.5, 0.6) is 0 Å². The SMILES string of the molecule is O=c1c2sc(-c3ccccc3)cc2ncn1-c1ccc2nc(CN3CCOCC3)ccc2c1. The van der Waals surface area contributed by atoms with E-state index in [4.69, 9.17) is 9.72 Å². The highest BCUT2D eigenvalue weighted by Gasteiger charge is 2.13. The topological polar surface area (TPSA) is 60.2 Å². The Morgan fingerprint density at radius 1 is 0.939 bits per heavy atom. The molecule has 0 aliphatic carbocycles. The first kappa shape index (κ1) is 20.2. The van der Waals surface area contributed by atoms with Gasteiger partial charge < -0.3 is 4.74 Å². The largest absolute Gasteiger partial charge is 0.379 e. The molecule has 0 spiro atoms. The van der Waals surface area contributed by atoms with Crippen LogP contribution < -0.4 is 5.56 Å². The smallest absolute Gasteiger partial charge is 0.275 e. The molecule has 6 rings (SSSR count). The Labute approximate surface area is 194 Å². The molecule has 1 saturated heterocycles. The molecule has 3 aromatic heterocycles. The van der Waals surface area contributed by atoms with E-state index in [0.29, 0.717) is 4.70 Å². The first-order chi connectivity index (χ1) is 16.2. The summed E-state index contributed by atoms with van der Waals surface area (Å²) in [5, 5.41) is 1.00. The Morgan fingerprint density at radius 2 is 1.79 bits per heavy atom. The zero-order chi connectivity index (χ0) is 22.2. The van der Waals surface area contributed by atoms with Crippen LogP contribution in [0, 0.1) is 0 Å². The molecular weight excluding hydrogens is 432 g/mol. The van der Waals surface area contributed by atoms with E-state index >= 15 is 0 Å². The molecule has 0 saturated carbocycles. The second-order valence-electron chi connectivity index (χ2n) is 8.18. The van der Waals surface area contributed by atoms with Crippen molar-refractivity contribution >= 4 is 32.5 Å². The van der Waals surface area contributed by atoms with Gasteiger partial charge in [0.1, 0.15) is 11.0 Å². The highest BCUT2D eigenvalue weighted by atomic mass is 32.1. The summed E-state index contributed by atoms with van der Waals surface area (Å²) in [6.45, 7) is 4.25. The average molecular weight is 455 g/mol. The van der Waals surface area contributed by atoms with E-state index < -0.39 is 0 Å². The summed E-state index contributed by atoms with van der Waals surface area (Å²) in [5.74, 6) is 0. The van der Waals surface area contributed by atoms with Crippen LogP contribution in [0.1, 0.15) is 5.69 Å². The molecular formula is C26H22N4O2S. The van der Waals surface area contributed by atoms with Crippen molar-refractivity contribution in [2.24, 2.45) is 0 Å².